The predicted molar refractivity (Wildman–Crippen MR) is 115 cm³/mol. The van der Waals surface area contributed by atoms with Crippen molar-refractivity contribution in [2.75, 3.05) is 11.9 Å². The van der Waals surface area contributed by atoms with Gasteiger partial charge in [0.2, 0.25) is 15.9 Å². The molecule has 9 heteroatoms. The van der Waals surface area contributed by atoms with E-state index >= 15 is 0 Å². The van der Waals surface area contributed by atoms with Crippen LogP contribution in [0.1, 0.15) is 31.4 Å². The van der Waals surface area contributed by atoms with Crippen LogP contribution in [0.25, 0.3) is 0 Å². The fourth-order valence-electron chi connectivity index (χ4n) is 3.83. The minimum absolute atomic E-state index is 0.0310. The number of carbonyl (C=O) groups is 1. The maximum Gasteiger partial charge on any atom is 0.243 e. The van der Waals surface area contributed by atoms with Crippen molar-refractivity contribution in [2.24, 2.45) is 0 Å². The van der Waals surface area contributed by atoms with Crippen LogP contribution in [0.4, 0.5) is 10.1 Å². The topological polar surface area (TPSA) is 102 Å². The average Bonchev–Trinajstić information content (AvgIpc) is 2.73. The molecule has 7 nitrogen and oxygen atoms in total. The third-order valence-corrected chi connectivity index (χ3v) is 7.71. The van der Waals surface area contributed by atoms with Crippen molar-refractivity contribution in [2.45, 2.75) is 50.2 Å². The van der Waals surface area contributed by atoms with E-state index in [9.17, 15) is 17.6 Å². The van der Waals surface area contributed by atoms with Crippen LogP contribution >= 0.6 is 0 Å². The van der Waals surface area contributed by atoms with Crippen LogP contribution in [0.3, 0.4) is 0 Å². The van der Waals surface area contributed by atoms with Crippen LogP contribution in [0.15, 0.2) is 47.4 Å². The highest BCUT2D eigenvalue weighted by molar-refractivity contribution is 7.89. The van der Waals surface area contributed by atoms with E-state index in [-0.39, 0.29) is 23.3 Å². The van der Waals surface area contributed by atoms with Gasteiger partial charge in [-0.25, -0.2) is 12.8 Å². The van der Waals surface area contributed by atoms with E-state index in [1.165, 1.54) is 40.7 Å². The van der Waals surface area contributed by atoms with E-state index in [0.717, 1.165) is 0 Å². The summed E-state index contributed by atoms with van der Waals surface area (Å²) in [5, 5.41) is 14.9. The third-order valence-electron chi connectivity index (χ3n) is 5.60. The molecule has 3 rings (SSSR count). The number of carbonyl (C=O) groups excluding carboxylic acids is 1. The van der Waals surface area contributed by atoms with E-state index in [2.05, 4.69) is 10.6 Å². The van der Waals surface area contributed by atoms with Crippen LogP contribution in [0.2, 0.25) is 0 Å². The Kier molecular flexibility index (Phi) is 6.74. The van der Waals surface area contributed by atoms with E-state index < -0.39 is 27.9 Å². The van der Waals surface area contributed by atoms with Crippen LogP contribution in [-0.2, 0) is 14.8 Å². The van der Waals surface area contributed by atoms with Crippen molar-refractivity contribution in [3.05, 3.63) is 59.4 Å². The number of nitrogens with one attached hydrogen (secondary N) is 2. The second-order valence-corrected chi connectivity index (χ2v) is 9.58. The zero-order chi connectivity index (χ0) is 22.8. The highest BCUT2D eigenvalue weighted by atomic mass is 32.2. The molecule has 0 radical (unpaired) electrons. The normalized spacial score (nSPS) is 22.0. The van der Waals surface area contributed by atoms with Gasteiger partial charge in [-0.15, -0.1) is 0 Å². The van der Waals surface area contributed by atoms with Crippen LogP contribution in [0.5, 0.6) is 0 Å². The van der Waals surface area contributed by atoms with Gasteiger partial charge in [-0.2, -0.15) is 9.57 Å². The molecule has 0 spiro atoms. The van der Waals surface area contributed by atoms with Crippen LogP contribution < -0.4 is 10.6 Å². The van der Waals surface area contributed by atoms with Crippen molar-refractivity contribution in [3.8, 4) is 6.07 Å². The highest BCUT2D eigenvalue weighted by Crippen LogP contribution is 2.27. The van der Waals surface area contributed by atoms with Crippen molar-refractivity contribution in [3.63, 3.8) is 0 Å². The Bertz CT molecular complexity index is 1110. The van der Waals surface area contributed by atoms with Gasteiger partial charge in [0.25, 0.3) is 0 Å². The second-order valence-electron chi connectivity index (χ2n) is 7.74. The molecule has 2 aromatic carbocycles. The van der Waals surface area contributed by atoms with Crippen molar-refractivity contribution >= 4 is 21.6 Å². The summed E-state index contributed by atoms with van der Waals surface area (Å²) in [6.45, 7) is 5.53. The maximum absolute atomic E-state index is 13.7. The summed E-state index contributed by atoms with van der Waals surface area (Å²) >= 11 is 0. The molecular weight excluding hydrogens is 419 g/mol. The van der Waals surface area contributed by atoms with Gasteiger partial charge in [0.05, 0.1) is 16.5 Å². The summed E-state index contributed by atoms with van der Waals surface area (Å²) < 4.78 is 41.7. The smallest absolute Gasteiger partial charge is 0.243 e. The average molecular weight is 445 g/mol. The summed E-state index contributed by atoms with van der Waals surface area (Å²) in [4.78, 5) is 12.7. The third kappa shape index (κ3) is 4.77. The Labute approximate surface area is 181 Å². The number of piperazine rings is 1. The molecule has 1 heterocycles. The number of halogens is 1. The fourth-order valence-corrected chi connectivity index (χ4v) is 5.68. The molecular formula is C22H25FN4O3S. The minimum Gasteiger partial charge on any atom is -0.326 e. The minimum atomic E-state index is -3.82. The number of rotatable bonds is 5. The van der Waals surface area contributed by atoms with Gasteiger partial charge in [-0.1, -0.05) is 6.07 Å². The SMILES string of the molecule is Cc1c(F)cccc1NC(=O)CC1NCC(C)N(S(=O)(=O)c2ccc(C#N)cc2)C1C. The Morgan fingerprint density at radius 3 is 2.58 bits per heavy atom. The summed E-state index contributed by atoms with van der Waals surface area (Å²) in [5.74, 6) is -0.737. The second kappa shape index (κ2) is 9.14. The molecule has 1 fully saturated rings. The molecule has 0 saturated carbocycles. The first-order chi connectivity index (χ1) is 14.6. The molecule has 1 amide bonds. The number of hydrogen-bond donors (Lipinski definition) is 2. The van der Waals surface area contributed by atoms with E-state index in [4.69, 9.17) is 5.26 Å². The number of nitrogens with zero attached hydrogens (tertiary/aromatic N) is 2. The van der Waals surface area contributed by atoms with E-state index in [0.29, 0.717) is 23.4 Å². The molecule has 1 aliphatic rings. The van der Waals surface area contributed by atoms with E-state index in [1.807, 2.05) is 6.07 Å². The first-order valence-corrected chi connectivity index (χ1v) is 11.4. The van der Waals surface area contributed by atoms with Gasteiger partial charge in [0.1, 0.15) is 5.82 Å². The lowest BCUT2D eigenvalue weighted by atomic mass is 10.0. The summed E-state index contributed by atoms with van der Waals surface area (Å²) in [6, 6.07) is 11.0. The molecule has 2 aromatic rings. The quantitative estimate of drug-likeness (QED) is 0.738. The molecule has 0 aliphatic carbocycles. The van der Waals surface area contributed by atoms with Crippen molar-refractivity contribution in [1.82, 2.24) is 9.62 Å². The Morgan fingerprint density at radius 1 is 1.26 bits per heavy atom. The largest absolute Gasteiger partial charge is 0.326 e. The zero-order valence-corrected chi connectivity index (χ0v) is 18.4. The lowest BCUT2D eigenvalue weighted by Crippen LogP contribution is -2.62. The lowest BCUT2D eigenvalue weighted by Gasteiger charge is -2.43. The molecule has 2 N–H and O–H groups in total. The molecule has 1 saturated heterocycles. The molecule has 31 heavy (non-hydrogen) atoms. The number of hydrogen-bond acceptors (Lipinski definition) is 5. The monoisotopic (exact) mass is 444 g/mol. The molecule has 0 bridgehead atoms. The van der Waals surface area contributed by atoms with Gasteiger partial charge >= 0.3 is 0 Å². The van der Waals surface area contributed by atoms with Gasteiger partial charge < -0.3 is 10.6 Å². The summed E-state index contributed by atoms with van der Waals surface area (Å²) in [6.07, 6.45) is 0.0310. The molecule has 1 aliphatic heterocycles. The molecule has 164 valence electrons. The Hall–Kier alpha value is -2.80. The summed E-state index contributed by atoms with van der Waals surface area (Å²) in [7, 11) is -3.82. The first kappa shape index (κ1) is 22.9. The standard InChI is InChI=1S/C22H25FN4O3S/c1-14-13-25-21(11-22(28)26-20-6-4-5-19(23)15(20)2)16(3)27(14)31(29,30)18-9-7-17(12-24)8-10-18/h4-10,14,16,21,25H,11,13H2,1-3H3,(H,26,28). The highest BCUT2D eigenvalue weighted by Gasteiger charge is 2.41. The van der Waals surface area contributed by atoms with E-state index in [1.54, 1.807) is 26.8 Å². The maximum atomic E-state index is 13.7. The van der Waals surface area contributed by atoms with Crippen LogP contribution in [-0.4, -0.2) is 43.3 Å². The van der Waals surface area contributed by atoms with Gasteiger partial charge in [0.15, 0.2) is 0 Å². The fraction of sp³-hybridized carbons (Fsp3) is 0.364. The van der Waals surface area contributed by atoms with Crippen LogP contribution in [0, 0.1) is 24.1 Å². The molecule has 0 aromatic heterocycles. The molecule has 3 unspecified atom stereocenters. The lowest BCUT2D eigenvalue weighted by molar-refractivity contribution is -0.117. The summed E-state index contributed by atoms with van der Waals surface area (Å²) in [5.41, 5.74) is 1.12. The van der Waals surface area contributed by atoms with Crippen molar-refractivity contribution < 1.29 is 17.6 Å². The molecule has 3 atom stereocenters. The Morgan fingerprint density at radius 2 is 1.94 bits per heavy atom. The van der Waals surface area contributed by atoms with Gasteiger partial charge in [-0.3, -0.25) is 4.79 Å². The number of anilines is 1. The Balaban J connectivity index is 1.77. The van der Waals surface area contributed by atoms with Gasteiger partial charge in [-0.05, 0) is 57.2 Å². The number of nitriles is 1. The van der Waals surface area contributed by atoms with Crippen molar-refractivity contribution in [1.29, 1.82) is 5.26 Å². The first-order valence-electron chi connectivity index (χ1n) is 9.97. The van der Waals surface area contributed by atoms with Gasteiger partial charge in [0, 0.05) is 42.3 Å². The number of amides is 1. The zero-order valence-electron chi connectivity index (χ0n) is 17.6. The predicted octanol–water partition coefficient (Wildman–Crippen LogP) is 2.77. The number of benzene rings is 2. The number of sulfonamides is 1.